The van der Waals surface area contributed by atoms with E-state index in [1.807, 2.05) is 48.5 Å². The average molecular weight is 510 g/mol. The van der Waals surface area contributed by atoms with Gasteiger partial charge in [0, 0.05) is 33.1 Å². The van der Waals surface area contributed by atoms with Crippen molar-refractivity contribution in [1.29, 1.82) is 0 Å². The molecule has 2 aromatic rings. The molecule has 0 radical (unpaired) electrons. The second-order valence-corrected chi connectivity index (χ2v) is 6.38. The summed E-state index contributed by atoms with van der Waals surface area (Å²) in [6, 6.07) is 15.8. The van der Waals surface area contributed by atoms with Gasteiger partial charge < -0.3 is 25.4 Å². The van der Waals surface area contributed by atoms with Crippen LogP contribution in [0, 0.1) is 0 Å². The summed E-state index contributed by atoms with van der Waals surface area (Å²) in [5, 5.41) is 9.33. The molecule has 1 amide bonds. The van der Waals surface area contributed by atoms with Crippen LogP contribution in [-0.4, -0.2) is 38.8 Å². The molecule has 7 nitrogen and oxygen atoms in total. The highest BCUT2D eigenvalue weighted by Crippen LogP contribution is 2.32. The molecule has 1 aliphatic rings. The highest BCUT2D eigenvalue weighted by Gasteiger charge is 2.13. The predicted octanol–water partition coefficient (Wildman–Crippen LogP) is 2.45. The molecule has 0 saturated heterocycles. The third-order valence-electron chi connectivity index (χ3n) is 4.34. The highest BCUT2D eigenvalue weighted by molar-refractivity contribution is 14.0. The number of benzene rings is 2. The standard InChI is InChI=1S/C21H26N4O3.HI/c1-22-21(23-11-9-16-7-8-18-19(13-16)28-15-27-18)24-12-10-20(26)25-14-17-5-3-2-4-6-17;/h2-8,13H,9-12,14-15H2,1H3,(H,25,26)(H2,22,23,24);1H. The summed E-state index contributed by atoms with van der Waals surface area (Å²) in [5.41, 5.74) is 2.25. The van der Waals surface area contributed by atoms with E-state index < -0.39 is 0 Å². The fourth-order valence-electron chi connectivity index (χ4n) is 2.82. The molecule has 0 unspecified atom stereocenters. The Labute approximate surface area is 188 Å². The smallest absolute Gasteiger partial charge is 0.231 e. The minimum Gasteiger partial charge on any atom is -0.454 e. The topological polar surface area (TPSA) is 84.0 Å². The van der Waals surface area contributed by atoms with Gasteiger partial charge in [-0.2, -0.15) is 0 Å². The fourth-order valence-corrected chi connectivity index (χ4v) is 2.82. The van der Waals surface area contributed by atoms with Gasteiger partial charge in [0.05, 0.1) is 0 Å². The van der Waals surface area contributed by atoms with E-state index in [-0.39, 0.29) is 36.7 Å². The summed E-state index contributed by atoms with van der Waals surface area (Å²) in [7, 11) is 1.71. The number of carbonyl (C=O) groups is 1. The van der Waals surface area contributed by atoms with Crippen LogP contribution in [0.4, 0.5) is 0 Å². The largest absolute Gasteiger partial charge is 0.454 e. The maximum absolute atomic E-state index is 11.9. The Morgan fingerprint density at radius 2 is 1.72 bits per heavy atom. The van der Waals surface area contributed by atoms with Crippen molar-refractivity contribution >= 4 is 35.8 Å². The van der Waals surface area contributed by atoms with E-state index in [0.29, 0.717) is 25.5 Å². The van der Waals surface area contributed by atoms with Gasteiger partial charge in [-0.3, -0.25) is 9.79 Å². The van der Waals surface area contributed by atoms with Crippen molar-refractivity contribution < 1.29 is 14.3 Å². The van der Waals surface area contributed by atoms with Crippen LogP contribution < -0.4 is 25.4 Å². The number of carbonyl (C=O) groups excluding carboxylic acids is 1. The van der Waals surface area contributed by atoms with E-state index in [2.05, 4.69) is 20.9 Å². The van der Waals surface area contributed by atoms with Crippen molar-refractivity contribution in [3.05, 3.63) is 59.7 Å². The van der Waals surface area contributed by atoms with Crippen LogP contribution in [0.3, 0.4) is 0 Å². The molecule has 156 valence electrons. The van der Waals surface area contributed by atoms with Gasteiger partial charge in [0.2, 0.25) is 12.7 Å². The van der Waals surface area contributed by atoms with E-state index in [0.717, 1.165) is 35.6 Å². The van der Waals surface area contributed by atoms with Crippen molar-refractivity contribution in [2.45, 2.75) is 19.4 Å². The summed E-state index contributed by atoms with van der Waals surface area (Å²) in [5.74, 6) is 2.27. The van der Waals surface area contributed by atoms with Crippen molar-refractivity contribution in [3.8, 4) is 11.5 Å². The van der Waals surface area contributed by atoms with Gasteiger partial charge in [-0.25, -0.2) is 0 Å². The third-order valence-corrected chi connectivity index (χ3v) is 4.34. The number of aliphatic imine (C=N–C) groups is 1. The first-order chi connectivity index (χ1) is 13.7. The fraction of sp³-hybridized carbons (Fsp3) is 0.333. The first-order valence-electron chi connectivity index (χ1n) is 9.38. The number of ether oxygens (including phenoxy) is 2. The van der Waals surface area contributed by atoms with Crippen molar-refractivity contribution in [2.75, 3.05) is 26.9 Å². The monoisotopic (exact) mass is 510 g/mol. The van der Waals surface area contributed by atoms with Gasteiger partial charge in [-0.05, 0) is 29.7 Å². The minimum absolute atomic E-state index is 0. The maximum atomic E-state index is 11.9. The molecule has 0 bridgehead atoms. The first-order valence-corrected chi connectivity index (χ1v) is 9.38. The number of halogens is 1. The van der Waals surface area contributed by atoms with Crippen LogP contribution in [0.2, 0.25) is 0 Å². The zero-order valence-corrected chi connectivity index (χ0v) is 18.8. The van der Waals surface area contributed by atoms with Crippen LogP contribution in [0.15, 0.2) is 53.5 Å². The number of rotatable bonds is 8. The molecule has 0 saturated carbocycles. The van der Waals surface area contributed by atoms with Crippen molar-refractivity contribution in [3.63, 3.8) is 0 Å². The number of nitrogens with one attached hydrogen (secondary N) is 3. The quantitative estimate of drug-likeness (QED) is 0.289. The average Bonchev–Trinajstić information content (AvgIpc) is 3.20. The summed E-state index contributed by atoms with van der Waals surface area (Å²) in [4.78, 5) is 16.1. The van der Waals surface area contributed by atoms with E-state index in [9.17, 15) is 4.79 Å². The van der Waals surface area contributed by atoms with Crippen LogP contribution in [0.25, 0.3) is 0 Å². The molecule has 8 heteroatoms. The molecule has 1 aliphatic heterocycles. The van der Waals surface area contributed by atoms with Crippen LogP contribution in [-0.2, 0) is 17.8 Å². The predicted molar refractivity (Wildman–Crippen MR) is 124 cm³/mol. The second kappa shape index (κ2) is 12.2. The minimum atomic E-state index is 0. The summed E-state index contributed by atoms with van der Waals surface area (Å²) < 4.78 is 10.7. The molecule has 0 atom stereocenters. The Hall–Kier alpha value is -2.49. The lowest BCUT2D eigenvalue weighted by Crippen LogP contribution is -2.40. The number of hydrogen-bond donors (Lipinski definition) is 3. The van der Waals surface area contributed by atoms with E-state index in [1.165, 1.54) is 0 Å². The Balaban J connectivity index is 0.00000300. The Bertz CT molecular complexity index is 815. The Morgan fingerprint density at radius 3 is 2.52 bits per heavy atom. The number of nitrogens with zero attached hydrogens (tertiary/aromatic N) is 1. The van der Waals surface area contributed by atoms with E-state index in [1.54, 1.807) is 7.05 Å². The number of fused-ring (bicyclic) bond motifs is 1. The summed E-state index contributed by atoms with van der Waals surface area (Å²) in [6.45, 7) is 2.07. The molecule has 2 aromatic carbocycles. The van der Waals surface area contributed by atoms with E-state index in [4.69, 9.17) is 9.47 Å². The molecule has 0 aliphatic carbocycles. The third kappa shape index (κ3) is 7.45. The SMILES string of the molecule is CN=C(NCCC(=O)NCc1ccccc1)NCCc1ccc2c(c1)OCO2.I. The van der Waals surface area contributed by atoms with Gasteiger partial charge >= 0.3 is 0 Å². The van der Waals surface area contributed by atoms with Crippen LogP contribution in [0.1, 0.15) is 17.5 Å². The van der Waals surface area contributed by atoms with Gasteiger partial charge in [0.25, 0.3) is 0 Å². The summed E-state index contributed by atoms with van der Waals surface area (Å²) >= 11 is 0. The van der Waals surface area contributed by atoms with Crippen LogP contribution in [0.5, 0.6) is 11.5 Å². The van der Waals surface area contributed by atoms with E-state index >= 15 is 0 Å². The molecule has 29 heavy (non-hydrogen) atoms. The number of hydrogen-bond acceptors (Lipinski definition) is 4. The first kappa shape index (κ1) is 22.8. The van der Waals surface area contributed by atoms with Crippen molar-refractivity contribution in [2.24, 2.45) is 4.99 Å². The molecular formula is C21H27IN4O3. The van der Waals surface area contributed by atoms with Crippen molar-refractivity contribution in [1.82, 2.24) is 16.0 Å². The summed E-state index contributed by atoms with van der Waals surface area (Å²) in [6.07, 6.45) is 1.21. The number of guanidine groups is 1. The normalized spacial score (nSPS) is 12.1. The Kier molecular flexibility index (Phi) is 9.55. The molecule has 0 fully saturated rings. The van der Waals surface area contributed by atoms with Crippen LogP contribution >= 0.6 is 24.0 Å². The number of amides is 1. The zero-order chi connectivity index (χ0) is 19.6. The van der Waals surface area contributed by atoms with Gasteiger partial charge in [0.1, 0.15) is 0 Å². The lowest BCUT2D eigenvalue weighted by Gasteiger charge is -2.12. The molecule has 0 aromatic heterocycles. The molecular weight excluding hydrogens is 483 g/mol. The molecule has 1 heterocycles. The van der Waals surface area contributed by atoms with Gasteiger partial charge in [-0.1, -0.05) is 36.4 Å². The Morgan fingerprint density at radius 1 is 0.966 bits per heavy atom. The lowest BCUT2D eigenvalue weighted by molar-refractivity contribution is -0.121. The van der Waals surface area contributed by atoms with Gasteiger partial charge in [0.15, 0.2) is 17.5 Å². The molecule has 0 spiro atoms. The molecule has 3 rings (SSSR count). The second-order valence-electron chi connectivity index (χ2n) is 6.38. The maximum Gasteiger partial charge on any atom is 0.231 e. The van der Waals surface area contributed by atoms with Gasteiger partial charge in [-0.15, -0.1) is 24.0 Å². The zero-order valence-electron chi connectivity index (χ0n) is 16.4. The molecule has 3 N–H and O–H groups in total. The lowest BCUT2D eigenvalue weighted by atomic mass is 10.1. The highest BCUT2D eigenvalue weighted by atomic mass is 127.